The zero-order valence-corrected chi connectivity index (χ0v) is 47.3. The molecule has 0 saturated carbocycles. The van der Waals surface area contributed by atoms with Crippen LogP contribution in [0.3, 0.4) is 0 Å². The number of carbonyl (C=O) groups excluding carboxylic acids is 9. The lowest BCUT2D eigenvalue weighted by atomic mass is 10.0. The lowest BCUT2D eigenvalue weighted by Gasteiger charge is -2.31. The van der Waals surface area contributed by atoms with Crippen molar-refractivity contribution in [1.29, 1.82) is 0 Å². The summed E-state index contributed by atoms with van der Waals surface area (Å²) < 4.78 is 5.82. The number of hydrogen-bond donors (Lipinski definition) is 7. The van der Waals surface area contributed by atoms with Crippen molar-refractivity contribution >= 4 is 103 Å². The molecule has 0 spiro atoms. The molecule has 8 amide bonds. The fraction of sp³-hybridized carbons (Fsp3) is 0.473. The molecule has 1 saturated heterocycles. The number of aldehydes is 1. The van der Waals surface area contributed by atoms with E-state index < -0.39 is 11.9 Å². The minimum Gasteiger partial charge on any atom is -0.409 e. The number of fused-ring (bicyclic) bond motifs is 6. The van der Waals surface area contributed by atoms with E-state index >= 15 is 0 Å². The molecule has 22 nitrogen and oxygen atoms in total. The summed E-state index contributed by atoms with van der Waals surface area (Å²) in [5.74, 6) is 0.424. The van der Waals surface area contributed by atoms with Gasteiger partial charge in [0.05, 0.1) is 18.8 Å². The number of piperazine rings is 1. The summed E-state index contributed by atoms with van der Waals surface area (Å²) >= 11 is 2.94. The van der Waals surface area contributed by atoms with E-state index in [-0.39, 0.29) is 81.2 Å². The number of aromatic amines is 1. The monoisotopic (exact) mass is 1140 g/mol. The van der Waals surface area contributed by atoms with Gasteiger partial charge >= 0.3 is 6.09 Å². The van der Waals surface area contributed by atoms with Gasteiger partial charge in [0, 0.05) is 118 Å². The van der Waals surface area contributed by atoms with Crippen LogP contribution in [0.15, 0.2) is 60.7 Å². The quantitative estimate of drug-likeness (QED) is 0.0308. The van der Waals surface area contributed by atoms with E-state index in [2.05, 4.69) is 97.0 Å². The van der Waals surface area contributed by atoms with Gasteiger partial charge < -0.3 is 56.3 Å². The average Bonchev–Trinajstić information content (AvgIpc) is 4.27. The van der Waals surface area contributed by atoms with Gasteiger partial charge in [0.25, 0.3) is 11.8 Å². The zero-order valence-electron chi connectivity index (χ0n) is 45.7. The molecular weight excluding hydrogens is 1070 g/mol. The van der Waals surface area contributed by atoms with Gasteiger partial charge in [-0.05, 0) is 93.3 Å². The maximum absolute atomic E-state index is 13.6. The summed E-state index contributed by atoms with van der Waals surface area (Å²) in [6, 6.07) is 15.0. The number of rotatable bonds is 19. The minimum absolute atomic E-state index is 0.128. The Kier molecular flexibility index (Phi) is 26.9. The number of amides is 8. The summed E-state index contributed by atoms with van der Waals surface area (Å²) in [5.41, 5.74) is 9.74. The van der Waals surface area contributed by atoms with Gasteiger partial charge in [-0.25, -0.2) is 4.79 Å². The maximum Gasteiger partial charge on any atom is 0.415 e. The first-order valence-corrected chi connectivity index (χ1v) is 27.8. The van der Waals surface area contributed by atoms with Gasteiger partial charge in [0.1, 0.15) is 11.8 Å². The van der Waals surface area contributed by atoms with Crippen LogP contribution in [0.2, 0.25) is 0 Å². The predicted octanol–water partition coefficient (Wildman–Crippen LogP) is 2.99. The number of nitrogens with one attached hydrogen (secondary N) is 6. The van der Waals surface area contributed by atoms with Gasteiger partial charge in [-0.2, -0.15) is 0 Å². The molecule has 78 heavy (non-hydrogen) atoms. The Balaban J connectivity index is 0.000000340. The lowest BCUT2D eigenvalue weighted by molar-refractivity contribution is -0.137. The summed E-state index contributed by atoms with van der Waals surface area (Å²) in [6.45, 7) is 9.83. The molecule has 0 aliphatic carbocycles. The van der Waals surface area contributed by atoms with Crippen LogP contribution >= 0.6 is 15.9 Å². The molecule has 1 atom stereocenters. The number of alkyl halides is 1. The SMILES string of the molecule is CBr.CCC.CN1CCN(C(=O)Oc2cc3c(c4ccccc24)CCN3C)CC1.CNCCCC(NC(=O)CNCC(=O)NCCNC(=O)CCCN1C(=O)C=CC1=O)C(=O)N1CCc2c1ccc1[nH]c(C=O)cc21.NC=O. The van der Waals surface area contributed by atoms with Crippen LogP contribution in [0.1, 0.15) is 67.6 Å². The second kappa shape index (κ2) is 33.2. The van der Waals surface area contributed by atoms with Crippen molar-refractivity contribution in [3.05, 3.63) is 77.5 Å². The standard InChI is InChI=1S/C31H40N8O7.C19H23N3O2.C3H8.CH3Br.CH3NO/c1-32-11-2-4-24(31(46)38-15-10-21-22-16-20(19-40)36-23(22)6-7-25(21)38)37-28(43)18-33-17-27(42)35-13-12-34-26(41)5-3-14-39-29(44)8-9-30(39)45;1-20-9-11-22(12-10-20)19(23)24-18-13-17-15(7-8-21(17)2)14-5-3-4-6-16(14)18;1-3-2;1-2;2-1-3/h6-9,16,19,24,32-33,36H,2-5,10-15,17-18H2,1H3,(H,34,41)(H,35,42)(H,37,43);3-6,13H,7-12H2,1-2H3;3H2,1-2H3;1H3;1H,(H2,2,3). The van der Waals surface area contributed by atoms with Crippen LogP contribution in [0.25, 0.3) is 21.7 Å². The zero-order chi connectivity index (χ0) is 57.1. The van der Waals surface area contributed by atoms with Crippen LogP contribution < -0.4 is 46.9 Å². The molecule has 4 aliphatic heterocycles. The minimum atomic E-state index is -0.758. The van der Waals surface area contributed by atoms with Gasteiger partial charge in [0.15, 0.2) is 6.29 Å². The Bertz CT molecular complexity index is 2710. The van der Waals surface area contributed by atoms with Gasteiger partial charge in [-0.3, -0.25) is 48.6 Å². The number of anilines is 2. The Morgan fingerprint density at radius 3 is 2.04 bits per heavy atom. The molecule has 0 bridgehead atoms. The molecule has 8 N–H and O–H groups in total. The molecular formula is C55H77BrN12O10. The number of aromatic nitrogens is 1. The first kappa shape index (κ1) is 63.3. The number of nitrogens with two attached hydrogens (primary N) is 1. The van der Waals surface area contributed by atoms with Crippen molar-refractivity contribution in [1.82, 2.24) is 46.3 Å². The molecule has 23 heteroatoms. The lowest BCUT2D eigenvalue weighted by Crippen LogP contribution is -2.51. The highest BCUT2D eigenvalue weighted by molar-refractivity contribution is 9.08. The number of imide groups is 1. The summed E-state index contributed by atoms with van der Waals surface area (Å²) in [5, 5.41) is 17.1. The molecule has 1 unspecified atom stereocenters. The molecule has 0 radical (unpaired) electrons. The summed E-state index contributed by atoms with van der Waals surface area (Å²) in [6.07, 6.45) is 7.62. The number of H-pyrrole nitrogens is 1. The molecule has 5 heterocycles. The largest absolute Gasteiger partial charge is 0.415 e. The first-order valence-electron chi connectivity index (χ1n) is 26.2. The Labute approximate surface area is 464 Å². The van der Waals surface area contributed by atoms with Gasteiger partial charge in [0.2, 0.25) is 30.0 Å². The number of hydrogen-bond acceptors (Lipinski definition) is 14. The second-order valence-corrected chi connectivity index (χ2v) is 18.6. The summed E-state index contributed by atoms with van der Waals surface area (Å²) in [7, 11) is 5.98. The Morgan fingerprint density at radius 1 is 0.769 bits per heavy atom. The number of nitrogens with zero attached hydrogens (tertiary/aromatic N) is 5. The third kappa shape index (κ3) is 18.2. The maximum atomic E-state index is 13.6. The van der Waals surface area contributed by atoms with E-state index in [1.165, 1.54) is 35.2 Å². The van der Waals surface area contributed by atoms with E-state index in [0.29, 0.717) is 50.2 Å². The van der Waals surface area contributed by atoms with E-state index in [4.69, 9.17) is 9.53 Å². The van der Waals surface area contributed by atoms with Crippen LogP contribution in [0, 0.1) is 0 Å². The van der Waals surface area contributed by atoms with Gasteiger partial charge in [-0.1, -0.05) is 60.5 Å². The highest BCUT2D eigenvalue weighted by atomic mass is 79.9. The van der Waals surface area contributed by atoms with Gasteiger partial charge in [-0.15, -0.1) is 0 Å². The number of ether oxygens (including phenoxy) is 1. The van der Waals surface area contributed by atoms with Crippen molar-refractivity contribution in [3.8, 4) is 5.75 Å². The van der Waals surface area contributed by atoms with E-state index in [9.17, 15) is 38.4 Å². The fourth-order valence-corrected chi connectivity index (χ4v) is 9.12. The third-order valence-electron chi connectivity index (χ3n) is 12.9. The Morgan fingerprint density at radius 2 is 1.38 bits per heavy atom. The molecule has 1 fully saturated rings. The predicted molar refractivity (Wildman–Crippen MR) is 306 cm³/mol. The highest BCUT2D eigenvalue weighted by Crippen LogP contribution is 2.40. The molecule has 424 valence electrons. The van der Waals surface area contributed by atoms with Crippen molar-refractivity contribution in [2.75, 3.05) is 115 Å². The van der Waals surface area contributed by atoms with Crippen molar-refractivity contribution < 1.29 is 47.9 Å². The number of likely N-dealkylation sites (N-methyl/N-ethyl adjacent to an activating group) is 2. The molecule has 3 aromatic carbocycles. The van der Waals surface area contributed by atoms with E-state index in [1.54, 1.807) is 15.9 Å². The van der Waals surface area contributed by atoms with Crippen LogP contribution in [0.5, 0.6) is 5.75 Å². The molecule has 8 rings (SSSR count). The average molecular weight is 1150 g/mol. The number of halogens is 1. The third-order valence-corrected chi connectivity index (χ3v) is 12.9. The number of primary amides is 1. The van der Waals surface area contributed by atoms with E-state index in [0.717, 1.165) is 77.9 Å². The topological polar surface area (TPSA) is 281 Å². The summed E-state index contributed by atoms with van der Waals surface area (Å²) in [4.78, 5) is 118. The number of benzene rings is 3. The number of carbonyl (C=O) groups is 9. The molecule has 4 aromatic rings. The molecule has 1 aromatic heterocycles. The van der Waals surface area contributed by atoms with Crippen molar-refractivity contribution in [2.45, 2.75) is 64.8 Å². The normalized spacial score (nSPS) is 14.6. The van der Waals surface area contributed by atoms with Crippen LogP contribution in [0.4, 0.5) is 16.2 Å². The van der Waals surface area contributed by atoms with Crippen molar-refractivity contribution in [3.63, 3.8) is 0 Å². The van der Waals surface area contributed by atoms with Crippen molar-refractivity contribution in [2.24, 2.45) is 5.73 Å². The first-order chi connectivity index (χ1) is 37.7. The molecule has 4 aliphatic rings. The highest BCUT2D eigenvalue weighted by Gasteiger charge is 2.32. The Hall–Kier alpha value is -7.21. The van der Waals surface area contributed by atoms with Crippen LogP contribution in [-0.4, -0.2) is 185 Å². The second-order valence-electron chi connectivity index (χ2n) is 18.6. The smallest absolute Gasteiger partial charge is 0.409 e. The van der Waals surface area contributed by atoms with Crippen LogP contribution in [-0.2, 0) is 46.4 Å². The fourth-order valence-electron chi connectivity index (χ4n) is 9.12. The van der Waals surface area contributed by atoms with E-state index in [1.807, 2.05) is 49.3 Å².